The van der Waals surface area contributed by atoms with Gasteiger partial charge in [-0.2, -0.15) is 0 Å². The van der Waals surface area contributed by atoms with Gasteiger partial charge in [0.2, 0.25) is 0 Å². The van der Waals surface area contributed by atoms with Gasteiger partial charge in [0.1, 0.15) is 24.2 Å². The molecule has 2 aromatic carbocycles. The number of ether oxygens (including phenoxy) is 2. The Bertz CT molecular complexity index is 568. The van der Waals surface area contributed by atoms with Crippen molar-refractivity contribution < 1.29 is 9.47 Å². The summed E-state index contributed by atoms with van der Waals surface area (Å²) in [6, 6.07) is 18.6. The van der Waals surface area contributed by atoms with Gasteiger partial charge in [0.05, 0.1) is 0 Å². The van der Waals surface area contributed by atoms with E-state index in [0.717, 1.165) is 17.9 Å². The van der Waals surface area contributed by atoms with E-state index in [1.54, 1.807) is 0 Å². The Morgan fingerprint density at radius 3 is 2.41 bits per heavy atom. The average Bonchev–Trinajstić information content (AvgIpc) is 3.02. The van der Waals surface area contributed by atoms with E-state index in [1.165, 1.54) is 18.4 Å². The molecule has 0 unspecified atom stereocenters. The standard InChI is InChI=1S/C19H23NO2/c1-20-18-8-5-9-19(18)22-17-12-10-16(11-13-17)21-14-15-6-3-2-4-7-15/h2-4,6-7,10-13,18-20H,5,8-9,14H2,1H3/t18-,19-/m1/s1. The first-order valence-corrected chi connectivity index (χ1v) is 7.96. The third kappa shape index (κ3) is 3.80. The summed E-state index contributed by atoms with van der Waals surface area (Å²) in [4.78, 5) is 0. The van der Waals surface area contributed by atoms with E-state index >= 15 is 0 Å². The Labute approximate surface area is 132 Å². The maximum atomic E-state index is 6.08. The molecular formula is C19H23NO2. The molecule has 0 amide bonds. The normalized spacial score (nSPS) is 20.8. The summed E-state index contributed by atoms with van der Waals surface area (Å²) in [6.45, 7) is 0.589. The van der Waals surface area contributed by atoms with Gasteiger partial charge in [0, 0.05) is 6.04 Å². The Balaban J connectivity index is 1.54. The quantitative estimate of drug-likeness (QED) is 0.880. The molecular weight excluding hydrogens is 274 g/mol. The van der Waals surface area contributed by atoms with Gasteiger partial charge in [0.25, 0.3) is 0 Å². The first kappa shape index (κ1) is 14.9. The second-order valence-electron chi connectivity index (χ2n) is 5.73. The van der Waals surface area contributed by atoms with Crippen molar-refractivity contribution in [1.82, 2.24) is 5.32 Å². The third-order valence-electron chi connectivity index (χ3n) is 4.18. The van der Waals surface area contributed by atoms with Gasteiger partial charge in [0.15, 0.2) is 0 Å². The summed E-state index contributed by atoms with van der Waals surface area (Å²) < 4.78 is 11.9. The van der Waals surface area contributed by atoms with Crippen molar-refractivity contribution in [2.45, 2.75) is 38.0 Å². The average molecular weight is 297 g/mol. The Hall–Kier alpha value is -2.00. The second-order valence-corrected chi connectivity index (χ2v) is 5.73. The lowest BCUT2D eigenvalue weighted by molar-refractivity contribution is 0.178. The van der Waals surface area contributed by atoms with E-state index in [4.69, 9.17) is 9.47 Å². The topological polar surface area (TPSA) is 30.5 Å². The molecule has 1 fully saturated rings. The summed E-state index contributed by atoms with van der Waals surface area (Å²) in [5.41, 5.74) is 1.17. The van der Waals surface area contributed by atoms with Crippen molar-refractivity contribution in [1.29, 1.82) is 0 Å². The zero-order valence-electron chi connectivity index (χ0n) is 13.0. The molecule has 1 aliphatic rings. The largest absolute Gasteiger partial charge is 0.489 e. The number of benzene rings is 2. The van der Waals surface area contributed by atoms with Crippen molar-refractivity contribution in [3.8, 4) is 11.5 Å². The molecule has 22 heavy (non-hydrogen) atoms. The highest BCUT2D eigenvalue weighted by atomic mass is 16.5. The molecule has 0 radical (unpaired) electrons. The van der Waals surface area contributed by atoms with Crippen LogP contribution in [0.4, 0.5) is 0 Å². The molecule has 0 spiro atoms. The molecule has 0 bridgehead atoms. The fourth-order valence-corrected chi connectivity index (χ4v) is 2.93. The molecule has 1 saturated carbocycles. The number of likely N-dealkylation sites (N-methyl/N-ethyl adjacent to an activating group) is 1. The summed E-state index contributed by atoms with van der Waals surface area (Å²) in [5, 5.41) is 3.33. The van der Waals surface area contributed by atoms with E-state index in [1.807, 2.05) is 49.5 Å². The summed E-state index contributed by atoms with van der Waals surface area (Å²) >= 11 is 0. The van der Waals surface area contributed by atoms with Crippen LogP contribution in [0, 0.1) is 0 Å². The van der Waals surface area contributed by atoms with Crippen LogP contribution in [0.2, 0.25) is 0 Å². The fourth-order valence-electron chi connectivity index (χ4n) is 2.93. The molecule has 3 heteroatoms. The van der Waals surface area contributed by atoms with Crippen LogP contribution in [0.1, 0.15) is 24.8 Å². The van der Waals surface area contributed by atoms with Gasteiger partial charge >= 0.3 is 0 Å². The molecule has 0 heterocycles. The Morgan fingerprint density at radius 1 is 0.955 bits per heavy atom. The summed E-state index contributed by atoms with van der Waals surface area (Å²) in [7, 11) is 2.01. The van der Waals surface area contributed by atoms with E-state index < -0.39 is 0 Å². The molecule has 0 aliphatic heterocycles. The lowest BCUT2D eigenvalue weighted by atomic mass is 10.2. The maximum absolute atomic E-state index is 6.08. The highest BCUT2D eigenvalue weighted by molar-refractivity contribution is 5.32. The number of hydrogen-bond acceptors (Lipinski definition) is 3. The van der Waals surface area contributed by atoms with Gasteiger partial charge in [-0.1, -0.05) is 30.3 Å². The number of rotatable bonds is 6. The van der Waals surface area contributed by atoms with E-state index in [0.29, 0.717) is 12.6 Å². The monoisotopic (exact) mass is 297 g/mol. The molecule has 1 aliphatic carbocycles. The SMILES string of the molecule is CN[C@@H]1CCC[C@H]1Oc1ccc(OCc2ccccc2)cc1. The van der Waals surface area contributed by atoms with Gasteiger partial charge in [-0.15, -0.1) is 0 Å². The minimum Gasteiger partial charge on any atom is -0.489 e. The molecule has 116 valence electrons. The van der Waals surface area contributed by atoms with Crippen LogP contribution >= 0.6 is 0 Å². The van der Waals surface area contributed by atoms with Gasteiger partial charge in [-0.25, -0.2) is 0 Å². The van der Waals surface area contributed by atoms with E-state index in [-0.39, 0.29) is 6.10 Å². The maximum Gasteiger partial charge on any atom is 0.120 e. The molecule has 1 N–H and O–H groups in total. The van der Waals surface area contributed by atoms with Crippen LogP contribution in [0.3, 0.4) is 0 Å². The smallest absolute Gasteiger partial charge is 0.120 e. The Morgan fingerprint density at radius 2 is 1.68 bits per heavy atom. The van der Waals surface area contributed by atoms with Crippen LogP contribution in [-0.2, 0) is 6.61 Å². The van der Waals surface area contributed by atoms with Crippen molar-refractivity contribution >= 4 is 0 Å². The van der Waals surface area contributed by atoms with Crippen molar-refractivity contribution in [2.24, 2.45) is 0 Å². The van der Waals surface area contributed by atoms with E-state index in [9.17, 15) is 0 Å². The van der Waals surface area contributed by atoms with Crippen molar-refractivity contribution in [2.75, 3.05) is 7.05 Å². The zero-order valence-corrected chi connectivity index (χ0v) is 13.0. The van der Waals surface area contributed by atoms with Crippen LogP contribution in [0.25, 0.3) is 0 Å². The molecule has 2 atom stereocenters. The molecule has 2 aromatic rings. The van der Waals surface area contributed by atoms with Gasteiger partial charge < -0.3 is 14.8 Å². The first-order chi connectivity index (χ1) is 10.8. The molecule has 3 rings (SSSR count). The van der Waals surface area contributed by atoms with Crippen LogP contribution in [-0.4, -0.2) is 19.2 Å². The predicted octanol–water partition coefficient (Wildman–Crippen LogP) is 3.78. The molecule has 3 nitrogen and oxygen atoms in total. The second kappa shape index (κ2) is 7.32. The molecule has 0 aromatic heterocycles. The van der Waals surface area contributed by atoms with Crippen LogP contribution in [0.15, 0.2) is 54.6 Å². The highest BCUT2D eigenvalue weighted by Gasteiger charge is 2.27. The number of hydrogen-bond donors (Lipinski definition) is 1. The minimum absolute atomic E-state index is 0.279. The Kier molecular flexibility index (Phi) is 4.96. The van der Waals surface area contributed by atoms with Crippen molar-refractivity contribution in [3.05, 3.63) is 60.2 Å². The lowest BCUT2D eigenvalue weighted by Crippen LogP contribution is -2.36. The highest BCUT2D eigenvalue weighted by Crippen LogP contribution is 2.26. The lowest BCUT2D eigenvalue weighted by Gasteiger charge is -2.20. The number of nitrogens with one attached hydrogen (secondary N) is 1. The van der Waals surface area contributed by atoms with Crippen LogP contribution < -0.4 is 14.8 Å². The van der Waals surface area contributed by atoms with Gasteiger partial charge in [-0.05, 0) is 56.1 Å². The van der Waals surface area contributed by atoms with Gasteiger partial charge in [-0.3, -0.25) is 0 Å². The fraction of sp³-hybridized carbons (Fsp3) is 0.368. The molecule has 0 saturated heterocycles. The summed E-state index contributed by atoms with van der Waals surface area (Å²) in [5.74, 6) is 1.78. The zero-order chi connectivity index (χ0) is 15.2. The minimum atomic E-state index is 0.279. The van der Waals surface area contributed by atoms with E-state index in [2.05, 4.69) is 17.4 Å². The van der Waals surface area contributed by atoms with Crippen molar-refractivity contribution in [3.63, 3.8) is 0 Å². The first-order valence-electron chi connectivity index (χ1n) is 7.96. The van der Waals surface area contributed by atoms with Crippen LogP contribution in [0.5, 0.6) is 11.5 Å². The summed E-state index contributed by atoms with van der Waals surface area (Å²) in [6.07, 6.45) is 3.83. The predicted molar refractivity (Wildman–Crippen MR) is 88.3 cm³/mol. The third-order valence-corrected chi connectivity index (χ3v) is 4.18.